The molecule has 160 valence electrons. The maximum Gasteiger partial charge on any atom is 0.240 e. The zero-order chi connectivity index (χ0) is 22.1. The number of ether oxygens (including phenoxy) is 1. The first kappa shape index (κ1) is 21.1. The highest BCUT2D eigenvalue weighted by atomic mass is 32.2. The first-order chi connectivity index (χ1) is 14.9. The number of hydrogen-bond donors (Lipinski definition) is 2. The van der Waals surface area contributed by atoms with Crippen molar-refractivity contribution in [3.63, 3.8) is 0 Å². The van der Waals surface area contributed by atoms with E-state index in [0.29, 0.717) is 5.69 Å². The van der Waals surface area contributed by atoms with Gasteiger partial charge in [0.15, 0.2) is 0 Å². The molecule has 3 aromatic rings. The van der Waals surface area contributed by atoms with Crippen LogP contribution in [0.5, 0.6) is 5.75 Å². The second-order valence-electron chi connectivity index (χ2n) is 7.55. The molecule has 4 rings (SSSR count). The maximum absolute atomic E-state index is 13.2. The van der Waals surface area contributed by atoms with Crippen molar-refractivity contribution in [2.45, 2.75) is 23.2 Å². The molecule has 2 N–H and O–H groups in total. The monoisotopic (exact) mass is 436 g/mol. The minimum atomic E-state index is -3.48. The van der Waals surface area contributed by atoms with Gasteiger partial charge in [0.2, 0.25) is 15.9 Å². The molecule has 6 nitrogen and oxygen atoms in total. The molecule has 1 amide bonds. The predicted octanol–water partition coefficient (Wildman–Crippen LogP) is 3.94. The van der Waals surface area contributed by atoms with Crippen LogP contribution < -0.4 is 14.8 Å². The van der Waals surface area contributed by atoms with Gasteiger partial charge in [0.25, 0.3) is 0 Å². The first-order valence-corrected chi connectivity index (χ1v) is 11.5. The Morgan fingerprint density at radius 1 is 0.935 bits per heavy atom. The lowest BCUT2D eigenvalue weighted by Gasteiger charge is -2.19. The van der Waals surface area contributed by atoms with Crippen LogP contribution in [0.15, 0.2) is 77.7 Å². The fourth-order valence-corrected chi connectivity index (χ4v) is 4.49. The van der Waals surface area contributed by atoms with Crippen LogP contribution in [0.4, 0.5) is 5.69 Å². The van der Waals surface area contributed by atoms with Crippen LogP contribution in [0.2, 0.25) is 0 Å². The number of carbonyl (C=O) groups is 1. The molecule has 7 heteroatoms. The van der Waals surface area contributed by atoms with Crippen molar-refractivity contribution in [2.24, 2.45) is 0 Å². The van der Waals surface area contributed by atoms with E-state index in [1.807, 2.05) is 48.5 Å². The molecule has 0 aromatic heterocycles. The number of rotatable bonds is 7. The smallest absolute Gasteiger partial charge is 0.240 e. The van der Waals surface area contributed by atoms with Gasteiger partial charge in [0.05, 0.1) is 17.4 Å². The van der Waals surface area contributed by atoms with Crippen molar-refractivity contribution in [3.05, 3.63) is 78.4 Å². The van der Waals surface area contributed by atoms with Crippen molar-refractivity contribution < 1.29 is 17.9 Å². The number of anilines is 1. The van der Waals surface area contributed by atoms with Crippen molar-refractivity contribution in [3.8, 4) is 16.9 Å². The first-order valence-electron chi connectivity index (χ1n) is 9.99. The predicted molar refractivity (Wildman–Crippen MR) is 121 cm³/mol. The van der Waals surface area contributed by atoms with E-state index in [-0.39, 0.29) is 10.8 Å². The molecule has 0 heterocycles. The van der Waals surface area contributed by atoms with Gasteiger partial charge in [-0.3, -0.25) is 4.79 Å². The molecule has 1 aliphatic carbocycles. The van der Waals surface area contributed by atoms with Gasteiger partial charge in [-0.1, -0.05) is 42.5 Å². The molecule has 1 aliphatic rings. The van der Waals surface area contributed by atoms with Gasteiger partial charge in [0.1, 0.15) is 5.75 Å². The zero-order valence-corrected chi connectivity index (χ0v) is 18.2. The minimum absolute atomic E-state index is 0.0513. The van der Waals surface area contributed by atoms with E-state index in [0.717, 1.165) is 35.3 Å². The molecule has 1 saturated carbocycles. The highest BCUT2D eigenvalue weighted by Gasteiger charge is 2.52. The van der Waals surface area contributed by atoms with E-state index in [9.17, 15) is 13.2 Å². The Balaban J connectivity index is 1.56. The van der Waals surface area contributed by atoms with Gasteiger partial charge < -0.3 is 10.1 Å². The largest absolute Gasteiger partial charge is 0.496 e. The zero-order valence-electron chi connectivity index (χ0n) is 17.4. The van der Waals surface area contributed by atoms with E-state index in [1.165, 1.54) is 7.05 Å². The third-order valence-corrected chi connectivity index (χ3v) is 7.12. The number of methoxy groups -OCH3 is 1. The Bertz CT molecular complexity index is 1220. The van der Waals surface area contributed by atoms with E-state index in [4.69, 9.17) is 4.74 Å². The van der Waals surface area contributed by atoms with Crippen LogP contribution in [0.25, 0.3) is 11.1 Å². The molecule has 0 spiro atoms. The van der Waals surface area contributed by atoms with Gasteiger partial charge in [-0.05, 0) is 61.3 Å². The number of nitrogens with one attached hydrogen (secondary N) is 2. The highest BCUT2D eigenvalue weighted by Crippen LogP contribution is 2.52. The third kappa shape index (κ3) is 4.06. The van der Waals surface area contributed by atoms with Crippen LogP contribution in [-0.4, -0.2) is 28.5 Å². The van der Waals surface area contributed by atoms with Gasteiger partial charge in [-0.15, -0.1) is 0 Å². The Hall–Kier alpha value is -3.16. The summed E-state index contributed by atoms with van der Waals surface area (Å²) in [7, 11) is -0.484. The SMILES string of the molecule is CNS(=O)(=O)c1ccc(-c2cccc(NC(=O)C3(c4ccccc4OC)CC3)c2)cc1. The molecular weight excluding hydrogens is 412 g/mol. The van der Waals surface area contributed by atoms with Crippen LogP contribution in [0, 0.1) is 0 Å². The van der Waals surface area contributed by atoms with Crippen molar-refractivity contribution in [2.75, 3.05) is 19.5 Å². The summed E-state index contributed by atoms with van der Waals surface area (Å²) in [5.74, 6) is 0.671. The molecule has 0 radical (unpaired) electrons. The third-order valence-electron chi connectivity index (χ3n) is 5.69. The minimum Gasteiger partial charge on any atom is -0.496 e. The van der Waals surface area contributed by atoms with Crippen molar-refractivity contribution in [1.29, 1.82) is 0 Å². The number of benzene rings is 3. The lowest BCUT2D eigenvalue weighted by atomic mass is 9.93. The molecule has 0 unspecified atom stereocenters. The summed E-state index contributed by atoms with van der Waals surface area (Å²) in [6, 6.07) is 21.8. The van der Waals surface area contributed by atoms with Crippen LogP contribution in [-0.2, 0) is 20.2 Å². The second kappa shape index (κ2) is 8.17. The van der Waals surface area contributed by atoms with Crippen molar-refractivity contribution in [1.82, 2.24) is 4.72 Å². The van der Waals surface area contributed by atoms with E-state index in [2.05, 4.69) is 10.0 Å². The Kier molecular flexibility index (Phi) is 5.56. The Morgan fingerprint density at radius 2 is 1.65 bits per heavy atom. The Labute approximate surface area is 182 Å². The molecule has 0 atom stereocenters. The number of para-hydroxylation sites is 1. The summed E-state index contributed by atoms with van der Waals surface area (Å²) < 4.78 is 31.6. The summed E-state index contributed by atoms with van der Waals surface area (Å²) in [5.41, 5.74) is 2.78. The molecular formula is C24H24N2O4S. The standard InChI is InChI=1S/C24H24N2O4S/c1-25-31(28,29)20-12-10-17(11-13-20)18-6-5-7-19(16-18)26-23(27)24(14-15-24)21-8-3-4-9-22(21)30-2/h3-13,16,25H,14-15H2,1-2H3,(H,26,27). The van der Waals surface area contributed by atoms with Gasteiger partial charge in [0, 0.05) is 11.3 Å². The van der Waals surface area contributed by atoms with Crippen molar-refractivity contribution >= 4 is 21.6 Å². The summed E-state index contributed by atoms with van der Waals surface area (Å²) in [5, 5.41) is 3.05. The van der Waals surface area contributed by atoms with E-state index >= 15 is 0 Å². The lowest BCUT2D eigenvalue weighted by molar-refractivity contribution is -0.118. The highest BCUT2D eigenvalue weighted by molar-refractivity contribution is 7.89. The summed E-state index contributed by atoms with van der Waals surface area (Å²) >= 11 is 0. The molecule has 1 fully saturated rings. The fraction of sp³-hybridized carbons (Fsp3) is 0.208. The van der Waals surface area contributed by atoms with Gasteiger partial charge in [-0.2, -0.15) is 0 Å². The summed E-state index contributed by atoms with van der Waals surface area (Å²) in [4.78, 5) is 13.4. The topological polar surface area (TPSA) is 84.5 Å². The average Bonchev–Trinajstić information content (AvgIpc) is 3.61. The lowest BCUT2D eigenvalue weighted by Crippen LogP contribution is -2.28. The fourth-order valence-electron chi connectivity index (χ4n) is 3.76. The average molecular weight is 437 g/mol. The Morgan fingerprint density at radius 3 is 2.29 bits per heavy atom. The molecule has 31 heavy (non-hydrogen) atoms. The van der Waals surface area contributed by atoms with E-state index in [1.54, 1.807) is 31.4 Å². The van der Waals surface area contributed by atoms with Gasteiger partial charge >= 0.3 is 0 Å². The second-order valence-corrected chi connectivity index (χ2v) is 9.44. The van der Waals surface area contributed by atoms with Crippen LogP contribution in [0.3, 0.4) is 0 Å². The normalized spacial score (nSPS) is 14.6. The number of carbonyl (C=O) groups excluding carboxylic acids is 1. The number of sulfonamides is 1. The summed E-state index contributed by atoms with van der Waals surface area (Å²) in [6.07, 6.45) is 1.56. The summed E-state index contributed by atoms with van der Waals surface area (Å²) in [6.45, 7) is 0. The van der Waals surface area contributed by atoms with Crippen LogP contribution >= 0.6 is 0 Å². The maximum atomic E-state index is 13.2. The van der Waals surface area contributed by atoms with E-state index < -0.39 is 15.4 Å². The molecule has 0 saturated heterocycles. The molecule has 0 bridgehead atoms. The number of amides is 1. The number of hydrogen-bond acceptors (Lipinski definition) is 4. The molecule has 0 aliphatic heterocycles. The van der Waals surface area contributed by atoms with Crippen LogP contribution in [0.1, 0.15) is 18.4 Å². The molecule has 3 aromatic carbocycles. The van der Waals surface area contributed by atoms with Gasteiger partial charge in [-0.25, -0.2) is 13.1 Å². The quantitative estimate of drug-likeness (QED) is 0.588.